The largest absolute Gasteiger partial charge is 0.438 e. The van der Waals surface area contributed by atoms with E-state index in [2.05, 4.69) is 21.5 Å². The quantitative estimate of drug-likeness (QED) is 0.695. The van der Waals surface area contributed by atoms with E-state index in [1.165, 1.54) is 4.90 Å². The lowest BCUT2D eigenvalue weighted by molar-refractivity contribution is 0.469. The van der Waals surface area contributed by atoms with Crippen molar-refractivity contribution in [2.24, 2.45) is 0 Å². The Morgan fingerprint density at radius 3 is 2.71 bits per heavy atom. The first-order valence-corrected chi connectivity index (χ1v) is 8.71. The fraction of sp³-hybridized carbons (Fsp3) is 0.200. The summed E-state index contributed by atoms with van der Waals surface area (Å²) in [6.07, 6.45) is 2.05. The minimum atomic E-state index is 0.592. The smallest absolute Gasteiger partial charge is 0.232 e. The minimum absolute atomic E-state index is 0.592. The molecule has 108 valence electrons. The van der Waals surface area contributed by atoms with Gasteiger partial charge in [0.05, 0.1) is 5.39 Å². The number of fused-ring (bicyclic) bond motifs is 1. The van der Waals surface area contributed by atoms with Crippen molar-refractivity contribution in [2.45, 2.75) is 11.8 Å². The van der Waals surface area contributed by atoms with Crippen LogP contribution in [0.3, 0.4) is 0 Å². The molecule has 3 aromatic rings. The summed E-state index contributed by atoms with van der Waals surface area (Å²) in [5.74, 6) is 1.97. The van der Waals surface area contributed by atoms with Gasteiger partial charge in [0.1, 0.15) is 10.6 Å². The third kappa shape index (κ3) is 3.11. The number of rotatable bonds is 5. The molecule has 1 N–H and O–H groups in total. The van der Waals surface area contributed by atoms with Gasteiger partial charge in [-0.05, 0) is 48.9 Å². The number of aromatic nitrogens is 2. The highest BCUT2D eigenvalue weighted by atomic mass is 32.2. The molecule has 0 atom stereocenters. The second-order valence-electron chi connectivity index (χ2n) is 4.30. The molecule has 0 aliphatic heterocycles. The topological polar surface area (TPSA) is 47.0 Å². The van der Waals surface area contributed by atoms with Gasteiger partial charge in [-0.2, -0.15) is 4.98 Å². The molecular formula is C15H15N3OS2. The molecule has 0 amide bonds. The third-order valence-electron chi connectivity index (χ3n) is 2.90. The summed E-state index contributed by atoms with van der Waals surface area (Å²) in [6, 6.07) is 9.98. The number of hydrogen-bond donors (Lipinski definition) is 1. The van der Waals surface area contributed by atoms with E-state index in [0.717, 1.165) is 22.5 Å². The lowest BCUT2D eigenvalue weighted by Crippen LogP contribution is -2.02. The van der Waals surface area contributed by atoms with Gasteiger partial charge < -0.3 is 10.1 Å². The molecule has 0 unspecified atom stereocenters. The fourth-order valence-electron chi connectivity index (χ4n) is 1.90. The van der Waals surface area contributed by atoms with Crippen LogP contribution in [-0.4, -0.2) is 22.8 Å². The Bertz CT molecular complexity index is 740. The van der Waals surface area contributed by atoms with E-state index in [1.807, 2.05) is 42.6 Å². The van der Waals surface area contributed by atoms with Gasteiger partial charge in [0.15, 0.2) is 0 Å². The zero-order chi connectivity index (χ0) is 14.7. The van der Waals surface area contributed by atoms with Crippen molar-refractivity contribution in [2.75, 3.05) is 18.1 Å². The van der Waals surface area contributed by atoms with Gasteiger partial charge in [-0.3, -0.25) is 0 Å². The molecule has 2 aromatic heterocycles. The number of anilines is 1. The Morgan fingerprint density at radius 1 is 1.19 bits per heavy atom. The van der Waals surface area contributed by atoms with Crippen molar-refractivity contribution in [1.29, 1.82) is 0 Å². The number of ether oxygens (including phenoxy) is 1. The predicted octanol–water partition coefficient (Wildman–Crippen LogP) is 4.64. The van der Waals surface area contributed by atoms with E-state index < -0.39 is 0 Å². The number of hydrogen-bond acceptors (Lipinski definition) is 6. The first-order chi connectivity index (χ1) is 10.3. The first-order valence-electron chi connectivity index (χ1n) is 6.61. The number of thiophene rings is 1. The van der Waals surface area contributed by atoms with Crippen LogP contribution < -0.4 is 10.1 Å². The van der Waals surface area contributed by atoms with Crippen LogP contribution in [0.1, 0.15) is 6.92 Å². The Labute approximate surface area is 131 Å². The van der Waals surface area contributed by atoms with E-state index in [4.69, 9.17) is 4.74 Å². The van der Waals surface area contributed by atoms with Crippen molar-refractivity contribution in [3.63, 3.8) is 0 Å². The Kier molecular flexibility index (Phi) is 4.26. The number of nitrogens with one attached hydrogen (secondary N) is 1. The summed E-state index contributed by atoms with van der Waals surface area (Å²) >= 11 is 3.29. The maximum atomic E-state index is 5.94. The third-order valence-corrected chi connectivity index (χ3v) is 4.45. The van der Waals surface area contributed by atoms with Gasteiger partial charge in [0, 0.05) is 11.4 Å². The van der Waals surface area contributed by atoms with Crippen molar-refractivity contribution in [1.82, 2.24) is 9.97 Å². The lowest BCUT2D eigenvalue weighted by Gasteiger charge is -2.08. The Morgan fingerprint density at radius 2 is 2.00 bits per heavy atom. The van der Waals surface area contributed by atoms with Gasteiger partial charge in [-0.25, -0.2) is 4.98 Å². The highest BCUT2D eigenvalue weighted by Gasteiger charge is 2.10. The zero-order valence-corrected chi connectivity index (χ0v) is 13.4. The molecule has 1 aromatic carbocycles. The van der Waals surface area contributed by atoms with E-state index in [-0.39, 0.29) is 0 Å². The first kappa shape index (κ1) is 14.2. The molecule has 0 aliphatic rings. The van der Waals surface area contributed by atoms with Crippen molar-refractivity contribution in [3.8, 4) is 11.6 Å². The molecule has 0 fully saturated rings. The van der Waals surface area contributed by atoms with E-state index in [9.17, 15) is 0 Å². The molecule has 0 bridgehead atoms. The summed E-state index contributed by atoms with van der Waals surface area (Å²) in [7, 11) is 0. The summed E-state index contributed by atoms with van der Waals surface area (Å²) in [4.78, 5) is 11.1. The van der Waals surface area contributed by atoms with E-state index >= 15 is 0 Å². The maximum Gasteiger partial charge on any atom is 0.232 e. The van der Waals surface area contributed by atoms with Crippen LogP contribution in [0.25, 0.3) is 10.2 Å². The number of benzene rings is 1. The molecule has 21 heavy (non-hydrogen) atoms. The van der Waals surface area contributed by atoms with Crippen LogP contribution >= 0.6 is 23.1 Å². The predicted molar refractivity (Wildman–Crippen MR) is 89.9 cm³/mol. The molecular weight excluding hydrogens is 302 g/mol. The second kappa shape index (κ2) is 6.32. The average molecular weight is 317 g/mol. The normalized spacial score (nSPS) is 10.8. The standard InChI is InChI=1S/C15H15N3OS2/c1-3-16-15-17-13(12-8-9-21-14(12)18-15)19-10-4-6-11(20-2)7-5-10/h4-9H,3H2,1-2H3,(H,16,17,18). The second-order valence-corrected chi connectivity index (χ2v) is 6.07. The number of thioether (sulfide) groups is 1. The molecule has 0 saturated heterocycles. The molecule has 0 saturated carbocycles. The van der Waals surface area contributed by atoms with Gasteiger partial charge in [-0.15, -0.1) is 23.1 Å². The summed E-state index contributed by atoms with van der Waals surface area (Å²) in [5.41, 5.74) is 0. The van der Waals surface area contributed by atoms with Gasteiger partial charge in [0.2, 0.25) is 11.8 Å². The molecule has 0 radical (unpaired) electrons. The van der Waals surface area contributed by atoms with Gasteiger partial charge in [-0.1, -0.05) is 0 Å². The summed E-state index contributed by atoms with van der Waals surface area (Å²) < 4.78 is 5.94. The highest BCUT2D eigenvalue weighted by molar-refractivity contribution is 7.98. The molecule has 4 nitrogen and oxygen atoms in total. The van der Waals surface area contributed by atoms with Crippen LogP contribution in [-0.2, 0) is 0 Å². The van der Waals surface area contributed by atoms with E-state index in [0.29, 0.717) is 11.8 Å². The average Bonchev–Trinajstić information content (AvgIpc) is 2.97. The summed E-state index contributed by atoms with van der Waals surface area (Å²) in [5, 5.41) is 6.07. The van der Waals surface area contributed by atoms with Gasteiger partial charge in [0.25, 0.3) is 0 Å². The molecule has 3 rings (SSSR count). The Balaban J connectivity index is 1.95. The molecule has 2 heterocycles. The van der Waals surface area contributed by atoms with Crippen molar-refractivity contribution >= 4 is 39.3 Å². The molecule has 0 aliphatic carbocycles. The van der Waals surface area contributed by atoms with Crippen LogP contribution in [0.2, 0.25) is 0 Å². The van der Waals surface area contributed by atoms with Crippen LogP contribution in [0.5, 0.6) is 11.6 Å². The minimum Gasteiger partial charge on any atom is -0.438 e. The van der Waals surface area contributed by atoms with E-state index in [1.54, 1.807) is 23.1 Å². The Hall–Kier alpha value is -1.79. The molecule has 6 heteroatoms. The number of nitrogens with zero attached hydrogens (tertiary/aromatic N) is 2. The summed E-state index contributed by atoms with van der Waals surface area (Å²) in [6.45, 7) is 2.79. The lowest BCUT2D eigenvalue weighted by atomic mass is 10.3. The van der Waals surface area contributed by atoms with Crippen LogP contribution in [0, 0.1) is 0 Å². The monoisotopic (exact) mass is 317 g/mol. The maximum absolute atomic E-state index is 5.94. The van der Waals surface area contributed by atoms with Gasteiger partial charge >= 0.3 is 0 Å². The SMILES string of the molecule is CCNc1nc(Oc2ccc(SC)cc2)c2ccsc2n1. The zero-order valence-electron chi connectivity index (χ0n) is 11.8. The molecule has 0 spiro atoms. The van der Waals surface area contributed by atoms with Crippen molar-refractivity contribution in [3.05, 3.63) is 35.7 Å². The van der Waals surface area contributed by atoms with Crippen LogP contribution in [0.4, 0.5) is 5.95 Å². The van der Waals surface area contributed by atoms with Crippen molar-refractivity contribution < 1.29 is 4.74 Å². The highest BCUT2D eigenvalue weighted by Crippen LogP contribution is 2.32. The van der Waals surface area contributed by atoms with Crippen LogP contribution in [0.15, 0.2) is 40.6 Å². The fourth-order valence-corrected chi connectivity index (χ4v) is 3.06.